The molecule has 64 heavy (non-hydrogen) atoms. The molecule has 15 nitrogen and oxygen atoms in total. The lowest BCUT2D eigenvalue weighted by Gasteiger charge is -2.42. The monoisotopic (exact) mass is 915 g/mol. The highest BCUT2D eigenvalue weighted by molar-refractivity contribution is 5.70. The number of carbonyl (C=O) groups excluding carboxylic acids is 2. The second-order valence-corrected chi connectivity index (χ2v) is 17.3. The maximum Gasteiger partial charge on any atom is 0.306 e. The van der Waals surface area contributed by atoms with E-state index in [9.17, 15) is 45.3 Å². The molecule has 2 fully saturated rings. The van der Waals surface area contributed by atoms with E-state index in [1.807, 2.05) is 24.3 Å². The van der Waals surface area contributed by atoms with Crippen LogP contribution in [0.25, 0.3) is 0 Å². The highest BCUT2D eigenvalue weighted by Crippen LogP contribution is 2.26. The lowest BCUT2D eigenvalue weighted by atomic mass is 9.98. The van der Waals surface area contributed by atoms with Crippen LogP contribution in [-0.4, -0.2) is 142 Å². The SMILES string of the molecule is CC/C=C/C=C/C=C/CCCCCCCC(=O)OC(COC(=O)CCCCCCCCCCCCCCCCC)CO[C@@H]1O[C@H](CO[C@@H]2O[C@H](CO)[C@H](O)C(O)C2O)[C@H](O)C(O)C1O. The van der Waals surface area contributed by atoms with E-state index in [2.05, 4.69) is 26.0 Å². The topological polar surface area (TPSA) is 231 Å². The molecule has 0 aromatic carbocycles. The lowest BCUT2D eigenvalue weighted by molar-refractivity contribution is -0.332. The molecule has 2 heterocycles. The van der Waals surface area contributed by atoms with Crippen LogP contribution in [-0.2, 0) is 38.0 Å². The second-order valence-electron chi connectivity index (χ2n) is 17.3. The third-order valence-corrected chi connectivity index (χ3v) is 11.7. The van der Waals surface area contributed by atoms with Gasteiger partial charge in [0, 0.05) is 12.8 Å². The van der Waals surface area contributed by atoms with E-state index < -0.39 is 92.7 Å². The van der Waals surface area contributed by atoms with E-state index >= 15 is 0 Å². The normalized spacial score (nSPS) is 26.9. The van der Waals surface area contributed by atoms with Gasteiger partial charge in [0.05, 0.1) is 19.8 Å². The summed E-state index contributed by atoms with van der Waals surface area (Å²) >= 11 is 0. The number of hydrogen-bond donors (Lipinski definition) is 7. The number of rotatable bonds is 37. The Morgan fingerprint density at radius 2 is 0.984 bits per heavy atom. The van der Waals surface area contributed by atoms with Gasteiger partial charge < -0.3 is 64.2 Å². The van der Waals surface area contributed by atoms with Crippen molar-refractivity contribution in [3.8, 4) is 0 Å². The molecule has 0 saturated carbocycles. The molecular formula is C49H86O15. The Hall–Kier alpha value is -2.28. The molecule has 0 bridgehead atoms. The third-order valence-electron chi connectivity index (χ3n) is 11.7. The van der Waals surface area contributed by atoms with Crippen LogP contribution in [0.3, 0.4) is 0 Å². The predicted octanol–water partition coefficient (Wildman–Crippen LogP) is 6.15. The Kier molecular flexibility index (Phi) is 33.3. The number of unbranched alkanes of at least 4 members (excludes halogenated alkanes) is 19. The summed E-state index contributed by atoms with van der Waals surface area (Å²) in [7, 11) is 0. The summed E-state index contributed by atoms with van der Waals surface area (Å²) in [6.07, 6.45) is 20.4. The molecule has 7 N–H and O–H groups in total. The van der Waals surface area contributed by atoms with Crippen LogP contribution in [0.4, 0.5) is 0 Å². The molecule has 2 rings (SSSR count). The molecular weight excluding hydrogens is 829 g/mol. The highest BCUT2D eigenvalue weighted by Gasteiger charge is 2.47. The fourth-order valence-corrected chi connectivity index (χ4v) is 7.63. The zero-order chi connectivity index (χ0) is 46.8. The molecule has 0 aliphatic carbocycles. The molecule has 5 unspecified atom stereocenters. The molecule has 2 aliphatic rings. The molecule has 2 saturated heterocycles. The summed E-state index contributed by atoms with van der Waals surface area (Å²) in [5.41, 5.74) is 0. The van der Waals surface area contributed by atoms with Gasteiger partial charge in [-0.15, -0.1) is 0 Å². The summed E-state index contributed by atoms with van der Waals surface area (Å²) in [5.74, 6) is -0.946. The summed E-state index contributed by atoms with van der Waals surface area (Å²) < 4.78 is 33.5. The van der Waals surface area contributed by atoms with E-state index in [4.69, 9.17) is 28.4 Å². The van der Waals surface area contributed by atoms with Crippen molar-refractivity contribution in [3.05, 3.63) is 36.5 Å². The number of hydrogen-bond acceptors (Lipinski definition) is 15. The smallest absolute Gasteiger partial charge is 0.306 e. The average Bonchev–Trinajstić information content (AvgIpc) is 3.29. The molecule has 0 aromatic heterocycles. The lowest BCUT2D eigenvalue weighted by Crippen LogP contribution is -2.61. The minimum absolute atomic E-state index is 0.143. The van der Waals surface area contributed by atoms with Crippen molar-refractivity contribution in [1.29, 1.82) is 0 Å². The average molecular weight is 915 g/mol. The van der Waals surface area contributed by atoms with Crippen molar-refractivity contribution in [2.75, 3.05) is 26.4 Å². The van der Waals surface area contributed by atoms with Crippen molar-refractivity contribution >= 4 is 11.9 Å². The van der Waals surface area contributed by atoms with Crippen molar-refractivity contribution in [2.24, 2.45) is 0 Å². The minimum Gasteiger partial charge on any atom is -0.462 e. The quantitative estimate of drug-likeness (QED) is 0.0211. The molecule has 15 heteroatoms. The third kappa shape index (κ3) is 25.0. The molecule has 0 radical (unpaired) electrons. The Balaban J connectivity index is 1.83. The van der Waals surface area contributed by atoms with Gasteiger partial charge in [0.1, 0.15) is 55.4 Å². The molecule has 0 spiro atoms. The summed E-state index contributed by atoms with van der Waals surface area (Å²) in [5, 5.41) is 72.0. The van der Waals surface area contributed by atoms with Gasteiger partial charge in [-0.05, 0) is 32.1 Å². The predicted molar refractivity (Wildman–Crippen MR) is 243 cm³/mol. The fourth-order valence-electron chi connectivity index (χ4n) is 7.63. The number of esters is 2. The van der Waals surface area contributed by atoms with Gasteiger partial charge in [0.15, 0.2) is 18.7 Å². The van der Waals surface area contributed by atoms with Gasteiger partial charge in [-0.1, -0.05) is 159 Å². The zero-order valence-electron chi connectivity index (χ0n) is 39.0. The van der Waals surface area contributed by atoms with E-state index in [1.54, 1.807) is 0 Å². The Morgan fingerprint density at radius 1 is 0.516 bits per heavy atom. The number of aliphatic hydroxyl groups is 7. The van der Waals surface area contributed by atoms with E-state index in [-0.39, 0.29) is 26.1 Å². The first kappa shape index (κ1) is 57.8. The summed E-state index contributed by atoms with van der Waals surface area (Å²) in [6, 6.07) is 0. The first-order valence-electron chi connectivity index (χ1n) is 24.6. The van der Waals surface area contributed by atoms with Gasteiger partial charge in [-0.25, -0.2) is 0 Å². The Labute approximate surface area is 383 Å². The zero-order valence-corrected chi connectivity index (χ0v) is 39.0. The van der Waals surface area contributed by atoms with Gasteiger partial charge in [-0.2, -0.15) is 0 Å². The van der Waals surface area contributed by atoms with Crippen LogP contribution < -0.4 is 0 Å². The van der Waals surface area contributed by atoms with Crippen LogP contribution >= 0.6 is 0 Å². The molecule has 2 aliphatic heterocycles. The molecule has 372 valence electrons. The Bertz CT molecular complexity index is 1260. The molecule has 11 atom stereocenters. The first-order valence-corrected chi connectivity index (χ1v) is 24.6. The Morgan fingerprint density at radius 3 is 1.53 bits per heavy atom. The largest absolute Gasteiger partial charge is 0.462 e. The number of allylic oxidation sites excluding steroid dienone is 6. The van der Waals surface area contributed by atoms with Gasteiger partial charge in [-0.3, -0.25) is 9.59 Å². The van der Waals surface area contributed by atoms with Crippen LogP contribution in [0.15, 0.2) is 36.5 Å². The van der Waals surface area contributed by atoms with Crippen molar-refractivity contribution in [3.63, 3.8) is 0 Å². The van der Waals surface area contributed by atoms with E-state index in [0.717, 1.165) is 57.8 Å². The van der Waals surface area contributed by atoms with Crippen molar-refractivity contribution in [2.45, 2.75) is 235 Å². The van der Waals surface area contributed by atoms with E-state index in [0.29, 0.717) is 12.8 Å². The maximum absolute atomic E-state index is 13.0. The highest BCUT2D eigenvalue weighted by atomic mass is 16.7. The molecule has 0 amide bonds. The number of ether oxygens (including phenoxy) is 6. The van der Waals surface area contributed by atoms with E-state index in [1.165, 1.54) is 70.6 Å². The van der Waals surface area contributed by atoms with Gasteiger partial charge >= 0.3 is 11.9 Å². The second kappa shape index (κ2) is 36.8. The van der Waals surface area contributed by atoms with Gasteiger partial charge in [0.2, 0.25) is 0 Å². The minimum atomic E-state index is -1.77. The van der Waals surface area contributed by atoms with Crippen LogP contribution in [0.5, 0.6) is 0 Å². The standard InChI is InChI=1S/C49H86O15/c1-3-5-7-9-11-13-15-17-18-20-21-23-25-27-29-31-40(51)59-34-37(62-41(52)32-30-28-26-24-22-19-16-14-12-10-8-6-4-2)35-60-48-47(58)45(56)43(54)39(64-48)36-61-49-46(57)44(55)42(53)38(33-50)63-49/h6,8,10,12,14,16,37-39,42-50,53-58H,3-5,7,9,11,13,15,17-36H2,1-2H3/b8-6+,12-10+,16-14+/t37?,38-,39-,42+,43+,44?,45?,46?,47?,48-,49-/m1/s1. The first-order chi connectivity index (χ1) is 31.0. The number of aliphatic hydroxyl groups excluding tert-OH is 7. The summed E-state index contributed by atoms with van der Waals surface area (Å²) in [4.78, 5) is 25.7. The summed E-state index contributed by atoms with van der Waals surface area (Å²) in [6.45, 7) is 2.43. The number of carbonyl (C=O) groups is 2. The van der Waals surface area contributed by atoms with Crippen molar-refractivity contribution < 1.29 is 73.8 Å². The van der Waals surface area contributed by atoms with Crippen LogP contribution in [0.2, 0.25) is 0 Å². The van der Waals surface area contributed by atoms with Crippen LogP contribution in [0, 0.1) is 0 Å². The molecule has 0 aromatic rings. The maximum atomic E-state index is 13.0. The fraction of sp³-hybridized carbons (Fsp3) is 0.837. The van der Waals surface area contributed by atoms with Crippen molar-refractivity contribution in [1.82, 2.24) is 0 Å². The van der Waals surface area contributed by atoms with Crippen LogP contribution in [0.1, 0.15) is 168 Å². The van der Waals surface area contributed by atoms with Gasteiger partial charge in [0.25, 0.3) is 0 Å².